The van der Waals surface area contributed by atoms with Crippen LogP contribution in [0.2, 0.25) is 0 Å². The van der Waals surface area contributed by atoms with Crippen LogP contribution < -0.4 is 10.6 Å². The smallest absolute Gasteiger partial charge is 0.254 e. The van der Waals surface area contributed by atoms with Crippen LogP contribution in [-0.2, 0) is 4.79 Å². The van der Waals surface area contributed by atoms with Gasteiger partial charge in [0.25, 0.3) is 5.91 Å². The number of nitrogens with one attached hydrogen (secondary N) is 2. The Morgan fingerprint density at radius 3 is 2.85 bits per heavy atom. The molecule has 0 saturated heterocycles. The van der Waals surface area contributed by atoms with Gasteiger partial charge < -0.3 is 20.2 Å². The topological polar surface area (TPSA) is 91.6 Å². The molecule has 0 radical (unpaired) electrons. The standard InChI is InChI=1S/C14H20N2O4/c17-12-4-2-1-3-11(12)16-13(18)5-7-15-14(19)10-6-8-20-9-10/h6,8-9,11-12,17H,1-5,7H2,(H,15,19)(H,16,18)/t11-,12-/m1/s1. The van der Waals surface area contributed by atoms with Crippen molar-refractivity contribution >= 4 is 11.8 Å². The van der Waals surface area contributed by atoms with Crippen LogP contribution in [0, 0.1) is 0 Å². The summed E-state index contributed by atoms with van der Waals surface area (Å²) in [4.78, 5) is 23.3. The van der Waals surface area contributed by atoms with E-state index in [0.717, 1.165) is 25.7 Å². The molecular formula is C14H20N2O4. The van der Waals surface area contributed by atoms with E-state index in [1.807, 2.05) is 0 Å². The van der Waals surface area contributed by atoms with Crippen LogP contribution in [0.1, 0.15) is 42.5 Å². The van der Waals surface area contributed by atoms with Gasteiger partial charge in [0.2, 0.25) is 5.91 Å². The highest BCUT2D eigenvalue weighted by Crippen LogP contribution is 2.18. The number of hydrogen-bond donors (Lipinski definition) is 3. The van der Waals surface area contributed by atoms with Crippen LogP contribution in [0.3, 0.4) is 0 Å². The normalized spacial score (nSPS) is 22.2. The largest absolute Gasteiger partial charge is 0.472 e. The van der Waals surface area contributed by atoms with Crippen LogP contribution in [0.4, 0.5) is 0 Å². The van der Waals surface area contributed by atoms with Gasteiger partial charge in [-0.1, -0.05) is 12.8 Å². The van der Waals surface area contributed by atoms with E-state index in [1.165, 1.54) is 12.5 Å². The van der Waals surface area contributed by atoms with Crippen LogP contribution in [-0.4, -0.2) is 35.6 Å². The third-order valence-electron chi connectivity index (χ3n) is 3.50. The molecule has 1 aliphatic rings. The molecule has 3 N–H and O–H groups in total. The van der Waals surface area contributed by atoms with E-state index in [1.54, 1.807) is 6.07 Å². The van der Waals surface area contributed by atoms with Crippen molar-refractivity contribution in [3.63, 3.8) is 0 Å². The highest BCUT2D eigenvalue weighted by Gasteiger charge is 2.24. The molecule has 1 aromatic heterocycles. The van der Waals surface area contributed by atoms with Gasteiger partial charge >= 0.3 is 0 Å². The van der Waals surface area contributed by atoms with E-state index in [9.17, 15) is 14.7 Å². The number of carbonyl (C=O) groups is 2. The Bertz CT molecular complexity index is 444. The molecular weight excluding hydrogens is 260 g/mol. The molecule has 2 rings (SSSR count). The Morgan fingerprint density at radius 2 is 2.15 bits per heavy atom. The van der Waals surface area contributed by atoms with E-state index in [2.05, 4.69) is 10.6 Å². The van der Waals surface area contributed by atoms with E-state index in [-0.39, 0.29) is 30.8 Å². The van der Waals surface area contributed by atoms with Crippen LogP contribution in [0.25, 0.3) is 0 Å². The van der Waals surface area contributed by atoms with E-state index in [4.69, 9.17) is 4.42 Å². The van der Waals surface area contributed by atoms with Crippen molar-refractivity contribution in [1.82, 2.24) is 10.6 Å². The van der Waals surface area contributed by atoms with Gasteiger partial charge in [-0.3, -0.25) is 9.59 Å². The second kappa shape index (κ2) is 7.09. The van der Waals surface area contributed by atoms with Crippen LogP contribution >= 0.6 is 0 Å². The molecule has 2 amide bonds. The Labute approximate surface area is 117 Å². The molecule has 0 unspecified atom stereocenters. The first kappa shape index (κ1) is 14.6. The highest BCUT2D eigenvalue weighted by molar-refractivity contribution is 5.94. The molecule has 1 heterocycles. The minimum absolute atomic E-state index is 0.150. The van der Waals surface area contributed by atoms with Crippen molar-refractivity contribution in [2.45, 2.75) is 44.2 Å². The van der Waals surface area contributed by atoms with E-state index >= 15 is 0 Å². The number of aliphatic hydroxyl groups is 1. The van der Waals surface area contributed by atoms with Gasteiger partial charge in [0, 0.05) is 13.0 Å². The number of carbonyl (C=O) groups excluding carboxylic acids is 2. The minimum atomic E-state index is -0.451. The molecule has 1 saturated carbocycles. The van der Waals surface area contributed by atoms with Crippen LogP contribution in [0.5, 0.6) is 0 Å². The van der Waals surface area contributed by atoms with Crippen molar-refractivity contribution in [2.24, 2.45) is 0 Å². The number of aliphatic hydroxyl groups excluding tert-OH is 1. The second-order valence-electron chi connectivity index (χ2n) is 5.04. The van der Waals surface area contributed by atoms with Gasteiger partial charge in [0.05, 0.1) is 24.0 Å². The molecule has 1 aromatic rings. The molecule has 0 spiro atoms. The summed E-state index contributed by atoms with van der Waals surface area (Å²) in [6.07, 6.45) is 6.12. The fourth-order valence-corrected chi connectivity index (χ4v) is 2.34. The highest BCUT2D eigenvalue weighted by atomic mass is 16.3. The predicted octanol–water partition coefficient (Wildman–Crippen LogP) is 0.819. The van der Waals surface area contributed by atoms with Gasteiger partial charge in [0.15, 0.2) is 0 Å². The molecule has 6 nitrogen and oxygen atoms in total. The van der Waals surface area contributed by atoms with Crippen LogP contribution in [0.15, 0.2) is 23.0 Å². The maximum atomic E-state index is 11.7. The molecule has 6 heteroatoms. The van der Waals surface area contributed by atoms with Gasteiger partial charge in [-0.2, -0.15) is 0 Å². The van der Waals surface area contributed by atoms with Gasteiger partial charge in [-0.05, 0) is 18.9 Å². The lowest BCUT2D eigenvalue weighted by molar-refractivity contribution is -0.122. The van der Waals surface area contributed by atoms with Crippen molar-refractivity contribution in [3.8, 4) is 0 Å². The van der Waals surface area contributed by atoms with Gasteiger partial charge in [-0.25, -0.2) is 0 Å². The Kier molecular flexibility index (Phi) is 5.17. The monoisotopic (exact) mass is 280 g/mol. The molecule has 0 aliphatic heterocycles. The Balaban J connectivity index is 1.66. The summed E-state index contributed by atoms with van der Waals surface area (Å²) in [6, 6.07) is 1.41. The molecule has 20 heavy (non-hydrogen) atoms. The first-order valence-corrected chi connectivity index (χ1v) is 6.94. The molecule has 1 fully saturated rings. The summed E-state index contributed by atoms with van der Waals surface area (Å²) in [5, 5.41) is 15.2. The summed E-state index contributed by atoms with van der Waals surface area (Å²) < 4.78 is 4.81. The molecule has 1 aliphatic carbocycles. The third-order valence-corrected chi connectivity index (χ3v) is 3.50. The lowest BCUT2D eigenvalue weighted by atomic mass is 9.92. The summed E-state index contributed by atoms with van der Waals surface area (Å²) in [6.45, 7) is 0.263. The molecule has 0 aromatic carbocycles. The summed E-state index contributed by atoms with van der Waals surface area (Å²) >= 11 is 0. The average molecular weight is 280 g/mol. The molecule has 2 atom stereocenters. The fourth-order valence-electron chi connectivity index (χ4n) is 2.34. The van der Waals surface area contributed by atoms with Crippen molar-refractivity contribution in [2.75, 3.05) is 6.54 Å². The zero-order chi connectivity index (χ0) is 14.4. The maximum Gasteiger partial charge on any atom is 0.254 e. The number of hydrogen-bond acceptors (Lipinski definition) is 4. The maximum absolute atomic E-state index is 11.7. The quantitative estimate of drug-likeness (QED) is 0.744. The number of furan rings is 1. The lowest BCUT2D eigenvalue weighted by Crippen LogP contribution is -2.45. The zero-order valence-electron chi connectivity index (χ0n) is 11.3. The summed E-state index contributed by atoms with van der Waals surface area (Å²) in [5.74, 6) is -0.410. The average Bonchev–Trinajstić information content (AvgIpc) is 2.95. The van der Waals surface area contributed by atoms with E-state index < -0.39 is 6.10 Å². The van der Waals surface area contributed by atoms with Gasteiger partial charge in [-0.15, -0.1) is 0 Å². The third kappa shape index (κ3) is 4.09. The Morgan fingerprint density at radius 1 is 1.35 bits per heavy atom. The Hall–Kier alpha value is -1.82. The van der Waals surface area contributed by atoms with E-state index in [0.29, 0.717) is 5.56 Å². The molecule has 0 bridgehead atoms. The SMILES string of the molecule is O=C(CCNC(=O)c1ccoc1)N[C@@H]1CCCC[C@H]1O. The fraction of sp³-hybridized carbons (Fsp3) is 0.571. The van der Waals surface area contributed by atoms with Crippen molar-refractivity contribution in [3.05, 3.63) is 24.2 Å². The lowest BCUT2D eigenvalue weighted by Gasteiger charge is -2.28. The predicted molar refractivity (Wildman–Crippen MR) is 72.1 cm³/mol. The minimum Gasteiger partial charge on any atom is -0.472 e. The number of rotatable bonds is 5. The van der Waals surface area contributed by atoms with Crippen molar-refractivity contribution < 1.29 is 19.1 Å². The zero-order valence-corrected chi connectivity index (χ0v) is 11.3. The molecule has 110 valence electrons. The van der Waals surface area contributed by atoms with Crippen molar-refractivity contribution in [1.29, 1.82) is 0 Å². The van der Waals surface area contributed by atoms with Gasteiger partial charge in [0.1, 0.15) is 6.26 Å². The first-order chi connectivity index (χ1) is 9.66. The summed E-state index contributed by atoms with van der Waals surface area (Å²) in [5.41, 5.74) is 0.438. The number of amides is 2. The second-order valence-corrected chi connectivity index (χ2v) is 5.04. The summed E-state index contributed by atoms with van der Waals surface area (Å²) in [7, 11) is 0. The first-order valence-electron chi connectivity index (χ1n) is 6.94.